The Kier molecular flexibility index (Phi) is 6.56. The highest BCUT2D eigenvalue weighted by molar-refractivity contribution is 6.35. The minimum atomic E-state index is 0.481. The Balaban J connectivity index is 0.000000181. The molecule has 0 unspecified atom stereocenters. The zero-order valence-electron chi connectivity index (χ0n) is 9.66. The quantitative estimate of drug-likeness (QED) is 0.784. The van der Waals surface area contributed by atoms with E-state index in [4.69, 9.17) is 28.9 Å². The first kappa shape index (κ1) is 14.5. The number of halogens is 2. The Hall–Kier alpha value is -0.570. The molecule has 1 aliphatic carbocycles. The molecule has 0 aliphatic heterocycles. The van der Waals surface area contributed by atoms with Crippen LogP contribution in [0.25, 0.3) is 0 Å². The van der Waals surface area contributed by atoms with E-state index in [2.05, 4.69) is 0 Å². The van der Waals surface area contributed by atoms with E-state index in [1.807, 2.05) is 0 Å². The number of carbonyl (C=O) groups excluding carboxylic acids is 1. The molecular formula is C13H17Cl2NO. The van der Waals surface area contributed by atoms with Gasteiger partial charge in [0.05, 0.1) is 0 Å². The van der Waals surface area contributed by atoms with Crippen LogP contribution in [-0.4, -0.2) is 12.3 Å². The Morgan fingerprint density at radius 3 is 1.94 bits per heavy atom. The molecule has 1 fully saturated rings. The van der Waals surface area contributed by atoms with E-state index in [0.29, 0.717) is 27.9 Å². The molecule has 0 spiro atoms. The zero-order chi connectivity index (χ0) is 12.7. The third-order valence-corrected chi connectivity index (χ3v) is 3.11. The van der Waals surface area contributed by atoms with Gasteiger partial charge in [0, 0.05) is 21.7 Å². The van der Waals surface area contributed by atoms with Crippen LogP contribution in [0, 0.1) is 0 Å². The van der Waals surface area contributed by atoms with Gasteiger partial charge in [0.15, 0.2) is 0 Å². The summed E-state index contributed by atoms with van der Waals surface area (Å²) < 4.78 is 0. The summed E-state index contributed by atoms with van der Waals surface area (Å²) in [6.07, 6.45) is 7.37. The van der Waals surface area contributed by atoms with Gasteiger partial charge in [-0.2, -0.15) is 0 Å². The van der Waals surface area contributed by atoms with Crippen LogP contribution in [0.15, 0.2) is 18.2 Å². The summed E-state index contributed by atoms with van der Waals surface area (Å²) in [7, 11) is 0. The molecular weight excluding hydrogens is 257 g/mol. The maximum absolute atomic E-state index is 10.2. The van der Waals surface area contributed by atoms with Crippen molar-refractivity contribution < 1.29 is 4.79 Å². The van der Waals surface area contributed by atoms with Crippen molar-refractivity contribution in [1.29, 1.82) is 0 Å². The standard InChI is InChI=1S/C7H4Cl2O.C6H13N/c8-6-1-5(4-10)2-7(9)3-6;7-6-4-2-1-3-5-6/h1-4H;6H,1-5,7H2. The van der Waals surface area contributed by atoms with E-state index in [1.54, 1.807) is 18.2 Å². The highest BCUT2D eigenvalue weighted by Gasteiger charge is 2.06. The van der Waals surface area contributed by atoms with Gasteiger partial charge in [0.25, 0.3) is 0 Å². The van der Waals surface area contributed by atoms with Crippen LogP contribution in [-0.2, 0) is 0 Å². The minimum absolute atomic E-state index is 0.481. The second kappa shape index (κ2) is 7.70. The highest BCUT2D eigenvalue weighted by Crippen LogP contribution is 2.17. The minimum Gasteiger partial charge on any atom is -0.328 e. The molecule has 1 aliphatic rings. The summed E-state index contributed by atoms with van der Waals surface area (Å²) in [4.78, 5) is 10.2. The first-order valence-corrected chi connectivity index (χ1v) is 6.54. The molecule has 17 heavy (non-hydrogen) atoms. The van der Waals surface area contributed by atoms with Crippen molar-refractivity contribution in [1.82, 2.24) is 0 Å². The molecule has 2 rings (SSSR count). The van der Waals surface area contributed by atoms with Crippen LogP contribution in [0.2, 0.25) is 10.0 Å². The lowest BCUT2D eigenvalue weighted by atomic mass is 9.97. The summed E-state index contributed by atoms with van der Waals surface area (Å²) in [5.74, 6) is 0. The number of rotatable bonds is 1. The van der Waals surface area contributed by atoms with Crippen LogP contribution in [0.1, 0.15) is 42.5 Å². The first-order valence-electron chi connectivity index (χ1n) is 5.78. The van der Waals surface area contributed by atoms with E-state index < -0.39 is 0 Å². The fraction of sp³-hybridized carbons (Fsp3) is 0.462. The van der Waals surface area contributed by atoms with Crippen LogP contribution in [0.3, 0.4) is 0 Å². The second-order valence-electron chi connectivity index (χ2n) is 4.22. The van der Waals surface area contributed by atoms with Gasteiger partial charge in [0.1, 0.15) is 6.29 Å². The van der Waals surface area contributed by atoms with Crippen molar-refractivity contribution in [2.24, 2.45) is 5.73 Å². The molecule has 1 saturated carbocycles. The van der Waals surface area contributed by atoms with Crippen LogP contribution >= 0.6 is 23.2 Å². The number of benzene rings is 1. The lowest BCUT2D eigenvalue weighted by Gasteiger charge is -2.15. The number of aldehydes is 1. The van der Waals surface area contributed by atoms with Gasteiger partial charge >= 0.3 is 0 Å². The van der Waals surface area contributed by atoms with Crippen molar-refractivity contribution in [2.45, 2.75) is 38.1 Å². The molecule has 0 radical (unpaired) electrons. The molecule has 0 bridgehead atoms. The molecule has 0 atom stereocenters. The SMILES string of the molecule is NC1CCCCC1.O=Cc1cc(Cl)cc(Cl)c1. The summed E-state index contributed by atoms with van der Waals surface area (Å²) >= 11 is 11.2. The molecule has 0 heterocycles. The van der Waals surface area contributed by atoms with Crippen LogP contribution in [0.4, 0.5) is 0 Å². The van der Waals surface area contributed by atoms with Crippen molar-refractivity contribution in [3.05, 3.63) is 33.8 Å². The largest absolute Gasteiger partial charge is 0.328 e. The number of hydrogen-bond donors (Lipinski definition) is 1. The molecule has 1 aromatic rings. The Morgan fingerprint density at radius 1 is 1.06 bits per heavy atom. The fourth-order valence-electron chi connectivity index (χ4n) is 1.78. The van der Waals surface area contributed by atoms with Gasteiger partial charge in [0.2, 0.25) is 0 Å². The molecule has 94 valence electrons. The molecule has 0 aromatic heterocycles. The van der Waals surface area contributed by atoms with Gasteiger partial charge in [-0.25, -0.2) is 0 Å². The maximum atomic E-state index is 10.2. The van der Waals surface area contributed by atoms with Gasteiger partial charge in [-0.05, 0) is 31.0 Å². The Morgan fingerprint density at radius 2 is 1.59 bits per heavy atom. The summed E-state index contributed by atoms with van der Waals surface area (Å²) in [5.41, 5.74) is 6.13. The summed E-state index contributed by atoms with van der Waals surface area (Å²) in [6, 6.07) is 5.23. The van der Waals surface area contributed by atoms with Gasteiger partial charge in [-0.15, -0.1) is 0 Å². The smallest absolute Gasteiger partial charge is 0.150 e. The monoisotopic (exact) mass is 273 g/mol. The van der Waals surface area contributed by atoms with E-state index >= 15 is 0 Å². The lowest BCUT2D eigenvalue weighted by molar-refractivity contribution is 0.112. The average Bonchev–Trinajstić information content (AvgIpc) is 2.29. The summed E-state index contributed by atoms with van der Waals surface area (Å²) in [6.45, 7) is 0. The van der Waals surface area contributed by atoms with Crippen molar-refractivity contribution in [2.75, 3.05) is 0 Å². The molecule has 0 saturated heterocycles. The van der Waals surface area contributed by atoms with Crippen LogP contribution < -0.4 is 5.73 Å². The van der Waals surface area contributed by atoms with Gasteiger partial charge < -0.3 is 5.73 Å². The number of nitrogens with two attached hydrogens (primary N) is 1. The Labute approximate surface area is 112 Å². The van der Waals surface area contributed by atoms with Gasteiger partial charge in [-0.1, -0.05) is 42.5 Å². The molecule has 1 aromatic carbocycles. The topological polar surface area (TPSA) is 43.1 Å². The van der Waals surface area contributed by atoms with E-state index in [1.165, 1.54) is 32.1 Å². The molecule has 4 heteroatoms. The highest BCUT2D eigenvalue weighted by atomic mass is 35.5. The third kappa shape index (κ3) is 6.06. The molecule has 2 nitrogen and oxygen atoms in total. The molecule has 2 N–H and O–H groups in total. The van der Waals surface area contributed by atoms with E-state index in [9.17, 15) is 4.79 Å². The van der Waals surface area contributed by atoms with Gasteiger partial charge in [-0.3, -0.25) is 4.79 Å². The van der Waals surface area contributed by atoms with E-state index in [-0.39, 0.29) is 0 Å². The first-order chi connectivity index (χ1) is 8.11. The molecule has 0 amide bonds. The van der Waals surface area contributed by atoms with Crippen molar-refractivity contribution in [3.63, 3.8) is 0 Å². The maximum Gasteiger partial charge on any atom is 0.150 e. The summed E-state index contributed by atoms with van der Waals surface area (Å²) in [5, 5.41) is 0.962. The third-order valence-electron chi connectivity index (χ3n) is 2.67. The predicted molar refractivity (Wildman–Crippen MR) is 72.9 cm³/mol. The van der Waals surface area contributed by atoms with Crippen LogP contribution in [0.5, 0.6) is 0 Å². The zero-order valence-corrected chi connectivity index (χ0v) is 11.2. The number of hydrogen-bond acceptors (Lipinski definition) is 2. The van der Waals surface area contributed by atoms with Crippen molar-refractivity contribution in [3.8, 4) is 0 Å². The van der Waals surface area contributed by atoms with Crippen molar-refractivity contribution >= 4 is 29.5 Å². The van der Waals surface area contributed by atoms with E-state index in [0.717, 1.165) is 0 Å². The average molecular weight is 274 g/mol. The lowest BCUT2D eigenvalue weighted by Crippen LogP contribution is -2.22. The fourth-order valence-corrected chi connectivity index (χ4v) is 2.32. The number of carbonyl (C=O) groups is 1. The second-order valence-corrected chi connectivity index (χ2v) is 5.09. The normalized spacial score (nSPS) is 15.9. The Bertz CT molecular complexity index is 342. The predicted octanol–water partition coefficient (Wildman–Crippen LogP) is 4.08.